The summed E-state index contributed by atoms with van der Waals surface area (Å²) in [5, 5.41) is 3.60. The van der Waals surface area contributed by atoms with Gasteiger partial charge < -0.3 is 10.2 Å². The molecule has 0 aromatic heterocycles. The van der Waals surface area contributed by atoms with E-state index in [2.05, 4.69) is 78.7 Å². The summed E-state index contributed by atoms with van der Waals surface area (Å²) in [6.45, 7) is 6.54. The first-order chi connectivity index (χ1) is 9.75. The molecule has 1 aliphatic rings. The molecule has 104 valence electrons. The monoisotopic (exact) mass is 266 g/mol. The van der Waals surface area contributed by atoms with E-state index in [0.29, 0.717) is 12.1 Å². The summed E-state index contributed by atoms with van der Waals surface area (Å²) in [7, 11) is 0. The van der Waals surface area contributed by atoms with Gasteiger partial charge in [0.2, 0.25) is 0 Å². The van der Waals surface area contributed by atoms with E-state index in [-0.39, 0.29) is 0 Å². The van der Waals surface area contributed by atoms with Gasteiger partial charge in [0.15, 0.2) is 0 Å². The Hall–Kier alpha value is -1.80. The molecule has 1 aliphatic heterocycles. The molecule has 2 heteroatoms. The van der Waals surface area contributed by atoms with Gasteiger partial charge in [0, 0.05) is 24.8 Å². The minimum absolute atomic E-state index is 0.389. The summed E-state index contributed by atoms with van der Waals surface area (Å²) >= 11 is 0. The van der Waals surface area contributed by atoms with E-state index in [1.54, 1.807) is 0 Å². The average molecular weight is 266 g/mol. The van der Waals surface area contributed by atoms with Crippen molar-refractivity contribution in [2.75, 3.05) is 11.4 Å². The fourth-order valence-electron chi connectivity index (χ4n) is 2.96. The van der Waals surface area contributed by atoms with Gasteiger partial charge in [-0.1, -0.05) is 48.5 Å². The van der Waals surface area contributed by atoms with Crippen molar-refractivity contribution in [1.82, 2.24) is 5.32 Å². The van der Waals surface area contributed by atoms with Crippen LogP contribution in [0.3, 0.4) is 0 Å². The van der Waals surface area contributed by atoms with Crippen LogP contribution in [0.15, 0.2) is 54.6 Å². The lowest BCUT2D eigenvalue weighted by molar-refractivity contribution is 0.533. The largest absolute Gasteiger partial charge is 0.363 e. The van der Waals surface area contributed by atoms with E-state index in [9.17, 15) is 0 Å². The van der Waals surface area contributed by atoms with Crippen LogP contribution in [0.2, 0.25) is 0 Å². The van der Waals surface area contributed by atoms with Crippen LogP contribution in [-0.4, -0.2) is 12.6 Å². The van der Waals surface area contributed by atoms with Crippen LogP contribution in [0.1, 0.15) is 31.0 Å². The first kappa shape index (κ1) is 13.2. The number of para-hydroxylation sites is 1. The lowest BCUT2D eigenvalue weighted by Gasteiger charge is -2.33. The number of fused-ring (bicyclic) bond motifs is 1. The first-order valence-corrected chi connectivity index (χ1v) is 7.38. The maximum Gasteiger partial charge on any atom is 0.0515 e. The summed E-state index contributed by atoms with van der Waals surface area (Å²) in [5.41, 5.74) is 4.12. The van der Waals surface area contributed by atoms with Gasteiger partial charge in [-0.05, 0) is 31.0 Å². The molecule has 0 radical (unpaired) electrons. The number of anilines is 1. The summed E-state index contributed by atoms with van der Waals surface area (Å²) in [5.74, 6) is 0. The molecule has 20 heavy (non-hydrogen) atoms. The Bertz CT molecular complexity index is 565. The van der Waals surface area contributed by atoms with Gasteiger partial charge in [0.05, 0.1) is 6.04 Å². The topological polar surface area (TPSA) is 15.3 Å². The number of benzene rings is 2. The molecule has 2 aromatic carbocycles. The molecule has 3 rings (SSSR count). The van der Waals surface area contributed by atoms with E-state index >= 15 is 0 Å². The van der Waals surface area contributed by atoms with E-state index < -0.39 is 0 Å². The van der Waals surface area contributed by atoms with Crippen molar-refractivity contribution in [3.8, 4) is 0 Å². The van der Waals surface area contributed by atoms with Crippen molar-refractivity contribution < 1.29 is 0 Å². The molecule has 2 aromatic rings. The first-order valence-electron chi connectivity index (χ1n) is 7.38. The fraction of sp³-hybridized carbons (Fsp3) is 0.333. The Morgan fingerprint density at radius 2 is 1.75 bits per heavy atom. The summed E-state index contributed by atoms with van der Waals surface area (Å²) in [6.07, 6.45) is 0. The van der Waals surface area contributed by atoms with Crippen molar-refractivity contribution >= 4 is 5.69 Å². The zero-order valence-electron chi connectivity index (χ0n) is 12.2. The van der Waals surface area contributed by atoms with Crippen molar-refractivity contribution in [3.63, 3.8) is 0 Å². The number of nitrogens with one attached hydrogen (secondary N) is 1. The van der Waals surface area contributed by atoms with Crippen molar-refractivity contribution in [2.45, 2.75) is 32.5 Å². The molecule has 1 N–H and O–H groups in total. The average Bonchev–Trinajstić information content (AvgIpc) is 2.67. The summed E-state index contributed by atoms with van der Waals surface area (Å²) < 4.78 is 0. The summed E-state index contributed by atoms with van der Waals surface area (Å²) in [4.78, 5) is 2.52. The maximum atomic E-state index is 3.60. The maximum absolute atomic E-state index is 3.60. The zero-order valence-corrected chi connectivity index (χ0v) is 12.2. The molecular formula is C18H22N2. The number of hydrogen-bond acceptors (Lipinski definition) is 2. The highest BCUT2D eigenvalue weighted by molar-refractivity contribution is 5.56. The van der Waals surface area contributed by atoms with Crippen LogP contribution < -0.4 is 10.2 Å². The lowest BCUT2D eigenvalue weighted by Crippen LogP contribution is -2.37. The molecular weight excluding hydrogens is 244 g/mol. The van der Waals surface area contributed by atoms with Crippen molar-refractivity contribution in [3.05, 3.63) is 65.7 Å². The third-order valence-electron chi connectivity index (χ3n) is 4.16. The normalized spacial score (nSPS) is 20.1. The molecule has 0 bridgehead atoms. The second-order valence-corrected chi connectivity index (χ2v) is 5.65. The molecule has 0 amide bonds. The van der Waals surface area contributed by atoms with Gasteiger partial charge in [-0.3, -0.25) is 0 Å². The molecule has 2 unspecified atom stereocenters. The van der Waals surface area contributed by atoms with Crippen LogP contribution in [0.5, 0.6) is 0 Å². The molecule has 0 saturated heterocycles. The SMILES string of the molecule is CC1CN(C(C)c2ccccc2)c2ccccc2CN1. The Morgan fingerprint density at radius 3 is 2.55 bits per heavy atom. The lowest BCUT2D eigenvalue weighted by atomic mass is 10.0. The van der Waals surface area contributed by atoms with E-state index in [4.69, 9.17) is 0 Å². The third-order valence-corrected chi connectivity index (χ3v) is 4.16. The van der Waals surface area contributed by atoms with Gasteiger partial charge in [-0.25, -0.2) is 0 Å². The number of rotatable bonds is 2. The second kappa shape index (κ2) is 5.68. The van der Waals surface area contributed by atoms with Gasteiger partial charge in [-0.15, -0.1) is 0 Å². The molecule has 2 atom stereocenters. The van der Waals surface area contributed by atoms with Gasteiger partial charge in [-0.2, -0.15) is 0 Å². The molecule has 1 heterocycles. The second-order valence-electron chi connectivity index (χ2n) is 5.65. The van der Waals surface area contributed by atoms with Crippen LogP contribution in [0.4, 0.5) is 5.69 Å². The predicted octanol–water partition coefficient (Wildman–Crippen LogP) is 3.75. The standard InChI is InChI=1S/C18H22N2/c1-14-13-20(15(2)16-8-4-3-5-9-16)18-11-7-6-10-17(18)12-19-14/h3-11,14-15,19H,12-13H2,1-2H3. The molecule has 0 saturated carbocycles. The van der Waals surface area contributed by atoms with Crippen molar-refractivity contribution in [1.29, 1.82) is 0 Å². The number of nitrogens with zero attached hydrogens (tertiary/aromatic N) is 1. The minimum atomic E-state index is 0.389. The van der Waals surface area contributed by atoms with E-state index in [1.807, 2.05) is 0 Å². The molecule has 0 aliphatic carbocycles. The molecule has 0 fully saturated rings. The highest BCUT2D eigenvalue weighted by Crippen LogP contribution is 2.31. The van der Waals surface area contributed by atoms with Crippen LogP contribution in [0.25, 0.3) is 0 Å². The predicted molar refractivity (Wildman–Crippen MR) is 84.9 cm³/mol. The van der Waals surface area contributed by atoms with Crippen molar-refractivity contribution in [2.24, 2.45) is 0 Å². The number of hydrogen-bond donors (Lipinski definition) is 1. The van der Waals surface area contributed by atoms with Crippen LogP contribution in [0, 0.1) is 0 Å². The van der Waals surface area contributed by atoms with E-state index in [0.717, 1.165) is 13.1 Å². The minimum Gasteiger partial charge on any atom is -0.363 e. The Labute approximate surface area is 121 Å². The van der Waals surface area contributed by atoms with Crippen LogP contribution in [-0.2, 0) is 6.54 Å². The highest BCUT2D eigenvalue weighted by atomic mass is 15.2. The fourth-order valence-corrected chi connectivity index (χ4v) is 2.96. The third kappa shape index (κ3) is 2.56. The molecule has 2 nitrogen and oxygen atoms in total. The van der Waals surface area contributed by atoms with Gasteiger partial charge in [0.1, 0.15) is 0 Å². The quantitative estimate of drug-likeness (QED) is 0.890. The van der Waals surface area contributed by atoms with Crippen LogP contribution >= 0.6 is 0 Å². The van der Waals surface area contributed by atoms with E-state index in [1.165, 1.54) is 16.8 Å². The van der Waals surface area contributed by atoms with Gasteiger partial charge in [0.25, 0.3) is 0 Å². The summed E-state index contributed by atoms with van der Waals surface area (Å²) in [6, 6.07) is 20.4. The van der Waals surface area contributed by atoms with Gasteiger partial charge >= 0.3 is 0 Å². The molecule has 0 spiro atoms. The Morgan fingerprint density at radius 1 is 1.05 bits per heavy atom. The highest BCUT2D eigenvalue weighted by Gasteiger charge is 2.23. The zero-order chi connectivity index (χ0) is 13.9. The Balaban J connectivity index is 1.98. The smallest absolute Gasteiger partial charge is 0.0515 e. The Kier molecular flexibility index (Phi) is 3.75.